The predicted octanol–water partition coefficient (Wildman–Crippen LogP) is 3.67. The lowest BCUT2D eigenvalue weighted by atomic mass is 9.93. The molecule has 0 atom stereocenters. The van der Waals surface area contributed by atoms with Crippen LogP contribution in [-0.2, 0) is 11.3 Å². The van der Waals surface area contributed by atoms with Crippen LogP contribution in [-0.4, -0.2) is 26.4 Å². The number of nitrogens with zero attached hydrogens (tertiary/aromatic N) is 4. The number of amides is 1. The average Bonchev–Trinajstić information content (AvgIpc) is 2.77. The molecule has 4 rings (SSSR count). The van der Waals surface area contributed by atoms with Gasteiger partial charge in [0.1, 0.15) is 6.54 Å². The Hall–Kier alpha value is -3.55. The summed E-state index contributed by atoms with van der Waals surface area (Å²) in [7, 11) is 0. The molecule has 0 unspecified atom stereocenters. The average molecular weight is 406 g/mol. The van der Waals surface area contributed by atoms with E-state index in [1.165, 1.54) is 35.5 Å². The minimum absolute atomic E-state index is 0.0962. The first-order chi connectivity index (χ1) is 14.5. The minimum atomic E-state index is -0.554. The number of nitro benzene ring substituents is 1. The zero-order valence-electron chi connectivity index (χ0n) is 16.4. The molecule has 8 heteroatoms. The number of carbonyl (C=O) groups is 1. The number of aromatic nitrogens is 2. The van der Waals surface area contributed by atoms with Crippen LogP contribution in [0.5, 0.6) is 0 Å². The van der Waals surface area contributed by atoms with E-state index in [1.54, 1.807) is 4.90 Å². The Morgan fingerprint density at radius 2 is 1.87 bits per heavy atom. The molecular weight excluding hydrogens is 384 g/mol. The van der Waals surface area contributed by atoms with Crippen molar-refractivity contribution in [3.8, 4) is 0 Å². The monoisotopic (exact) mass is 406 g/mol. The van der Waals surface area contributed by atoms with Gasteiger partial charge in [-0.1, -0.05) is 37.5 Å². The summed E-state index contributed by atoms with van der Waals surface area (Å²) in [6, 6.07) is 13.5. The second-order valence-corrected chi connectivity index (χ2v) is 7.53. The number of hydrogen-bond acceptors (Lipinski definition) is 5. The molecule has 0 saturated heterocycles. The van der Waals surface area contributed by atoms with Crippen LogP contribution in [0.15, 0.2) is 59.7 Å². The molecule has 1 heterocycles. The van der Waals surface area contributed by atoms with Gasteiger partial charge in [-0.05, 0) is 31.0 Å². The molecule has 1 aliphatic carbocycles. The molecular formula is C22H22N4O4. The van der Waals surface area contributed by atoms with E-state index in [4.69, 9.17) is 0 Å². The van der Waals surface area contributed by atoms with Crippen molar-refractivity contribution in [1.82, 2.24) is 9.55 Å². The van der Waals surface area contributed by atoms with Crippen LogP contribution in [0.2, 0.25) is 0 Å². The van der Waals surface area contributed by atoms with Crippen LogP contribution >= 0.6 is 0 Å². The number of nitro groups is 1. The van der Waals surface area contributed by atoms with Crippen molar-refractivity contribution in [1.29, 1.82) is 0 Å². The summed E-state index contributed by atoms with van der Waals surface area (Å²) < 4.78 is 1.23. The Kier molecular flexibility index (Phi) is 5.56. The molecule has 1 saturated carbocycles. The third-order valence-corrected chi connectivity index (χ3v) is 5.57. The number of anilines is 1. The van der Waals surface area contributed by atoms with Crippen LogP contribution in [0.25, 0.3) is 10.9 Å². The number of carbonyl (C=O) groups excluding carboxylic acids is 1. The van der Waals surface area contributed by atoms with Gasteiger partial charge in [0.2, 0.25) is 5.91 Å². The molecule has 2 aromatic carbocycles. The fourth-order valence-electron chi connectivity index (χ4n) is 4.08. The molecule has 1 aromatic heterocycles. The Morgan fingerprint density at radius 1 is 1.13 bits per heavy atom. The molecule has 1 aliphatic rings. The Morgan fingerprint density at radius 3 is 2.57 bits per heavy atom. The van der Waals surface area contributed by atoms with Crippen LogP contribution in [0.3, 0.4) is 0 Å². The standard InChI is InChI=1S/C22H22N4O4/c27-21(25(16-7-3-1-4-8-16)17-9-5-2-6-10-17)14-24-15-23-20-12-11-18(26(29)30)13-19(20)22(24)28/h1,3-4,7-8,11-13,15,17H,2,5-6,9-10,14H2. The molecule has 0 spiro atoms. The van der Waals surface area contributed by atoms with E-state index < -0.39 is 10.5 Å². The van der Waals surface area contributed by atoms with Gasteiger partial charge in [-0.25, -0.2) is 4.98 Å². The van der Waals surface area contributed by atoms with Crippen molar-refractivity contribution >= 4 is 28.2 Å². The number of fused-ring (bicyclic) bond motifs is 1. The van der Waals surface area contributed by atoms with E-state index in [-0.39, 0.29) is 29.6 Å². The Bertz CT molecular complexity index is 1140. The lowest BCUT2D eigenvalue weighted by Gasteiger charge is -2.34. The maximum absolute atomic E-state index is 13.3. The summed E-state index contributed by atoms with van der Waals surface area (Å²) in [5, 5.41) is 11.2. The van der Waals surface area contributed by atoms with E-state index in [2.05, 4.69) is 4.98 Å². The van der Waals surface area contributed by atoms with E-state index >= 15 is 0 Å². The van der Waals surface area contributed by atoms with Crippen LogP contribution in [0, 0.1) is 10.1 Å². The maximum atomic E-state index is 13.3. The molecule has 1 fully saturated rings. The number of benzene rings is 2. The van der Waals surface area contributed by atoms with Crippen molar-refractivity contribution in [3.63, 3.8) is 0 Å². The first-order valence-corrected chi connectivity index (χ1v) is 10.1. The highest BCUT2D eigenvalue weighted by molar-refractivity contribution is 5.94. The van der Waals surface area contributed by atoms with Gasteiger partial charge in [-0.15, -0.1) is 0 Å². The van der Waals surface area contributed by atoms with Crippen molar-refractivity contribution < 1.29 is 9.72 Å². The molecule has 1 amide bonds. The third kappa shape index (κ3) is 3.94. The van der Waals surface area contributed by atoms with Gasteiger partial charge in [-0.3, -0.25) is 24.3 Å². The van der Waals surface area contributed by atoms with Crippen molar-refractivity contribution in [3.05, 3.63) is 75.3 Å². The molecule has 0 aliphatic heterocycles. The second kappa shape index (κ2) is 8.44. The first-order valence-electron chi connectivity index (χ1n) is 10.1. The molecule has 30 heavy (non-hydrogen) atoms. The van der Waals surface area contributed by atoms with Gasteiger partial charge in [0.15, 0.2) is 0 Å². The lowest BCUT2D eigenvalue weighted by molar-refractivity contribution is -0.384. The normalized spacial score (nSPS) is 14.5. The molecule has 154 valence electrons. The molecule has 0 radical (unpaired) electrons. The van der Waals surface area contributed by atoms with Crippen LogP contribution in [0.4, 0.5) is 11.4 Å². The van der Waals surface area contributed by atoms with Gasteiger partial charge in [0.05, 0.1) is 22.2 Å². The zero-order valence-corrected chi connectivity index (χ0v) is 16.4. The maximum Gasteiger partial charge on any atom is 0.270 e. The van der Waals surface area contributed by atoms with Crippen LogP contribution in [0.1, 0.15) is 32.1 Å². The Balaban J connectivity index is 1.68. The molecule has 8 nitrogen and oxygen atoms in total. The largest absolute Gasteiger partial charge is 0.308 e. The highest BCUT2D eigenvalue weighted by Gasteiger charge is 2.27. The summed E-state index contributed by atoms with van der Waals surface area (Å²) in [5.74, 6) is -0.193. The summed E-state index contributed by atoms with van der Waals surface area (Å²) in [4.78, 5) is 42.7. The van der Waals surface area contributed by atoms with Gasteiger partial charge in [-0.2, -0.15) is 0 Å². The summed E-state index contributed by atoms with van der Waals surface area (Å²) in [6.45, 7) is -0.171. The van der Waals surface area contributed by atoms with Gasteiger partial charge < -0.3 is 4.90 Å². The zero-order chi connectivity index (χ0) is 21.1. The topological polar surface area (TPSA) is 98.3 Å². The SMILES string of the molecule is O=C(Cn1cnc2ccc([N+](=O)[O-])cc2c1=O)N(c1ccccc1)C1CCCCC1. The molecule has 0 N–H and O–H groups in total. The van der Waals surface area contributed by atoms with Crippen LogP contribution < -0.4 is 10.5 Å². The van der Waals surface area contributed by atoms with E-state index in [1.807, 2.05) is 30.3 Å². The number of non-ortho nitro benzene ring substituents is 1. The van der Waals surface area contributed by atoms with Crippen molar-refractivity contribution in [2.75, 3.05) is 4.90 Å². The predicted molar refractivity (Wildman–Crippen MR) is 113 cm³/mol. The van der Waals surface area contributed by atoms with Crippen molar-refractivity contribution in [2.24, 2.45) is 0 Å². The fourth-order valence-corrected chi connectivity index (χ4v) is 4.08. The van der Waals surface area contributed by atoms with E-state index in [0.29, 0.717) is 5.52 Å². The lowest BCUT2D eigenvalue weighted by Crippen LogP contribution is -2.44. The highest BCUT2D eigenvalue weighted by atomic mass is 16.6. The minimum Gasteiger partial charge on any atom is -0.308 e. The quantitative estimate of drug-likeness (QED) is 0.476. The van der Waals surface area contributed by atoms with Gasteiger partial charge >= 0.3 is 0 Å². The third-order valence-electron chi connectivity index (χ3n) is 5.57. The fraction of sp³-hybridized carbons (Fsp3) is 0.318. The number of hydrogen-bond donors (Lipinski definition) is 0. The van der Waals surface area contributed by atoms with Gasteiger partial charge in [0, 0.05) is 23.9 Å². The van der Waals surface area contributed by atoms with E-state index in [9.17, 15) is 19.7 Å². The van der Waals surface area contributed by atoms with Gasteiger partial charge in [0.25, 0.3) is 11.2 Å². The van der Waals surface area contributed by atoms with Crippen molar-refractivity contribution in [2.45, 2.75) is 44.7 Å². The molecule has 3 aromatic rings. The highest BCUT2D eigenvalue weighted by Crippen LogP contribution is 2.27. The van der Waals surface area contributed by atoms with E-state index in [0.717, 1.165) is 31.4 Å². The summed E-state index contributed by atoms with van der Waals surface area (Å²) in [5.41, 5.74) is 0.528. The number of rotatable bonds is 5. The summed E-state index contributed by atoms with van der Waals surface area (Å²) in [6.07, 6.45) is 6.50. The first kappa shape index (κ1) is 19.8. The smallest absolute Gasteiger partial charge is 0.270 e. The number of para-hydroxylation sites is 1. The Labute approximate surface area is 172 Å². The second-order valence-electron chi connectivity index (χ2n) is 7.53. The summed E-state index contributed by atoms with van der Waals surface area (Å²) >= 11 is 0. The molecule has 0 bridgehead atoms.